The highest BCUT2D eigenvalue weighted by molar-refractivity contribution is 5.30. The number of hydrogen-bond donors (Lipinski definition) is 1. The first-order valence-corrected chi connectivity index (χ1v) is 4.94. The third-order valence-corrected chi connectivity index (χ3v) is 2.64. The van der Waals surface area contributed by atoms with Crippen LogP contribution in [0, 0.1) is 5.41 Å². The molecule has 1 rings (SSSR count). The second-order valence-electron chi connectivity index (χ2n) is 4.41. The van der Waals surface area contributed by atoms with Crippen molar-refractivity contribution in [2.45, 2.75) is 39.7 Å². The number of nitrogen functional groups attached to an aromatic ring is 1. The standard InChI is InChI=1S/C10H17F2N3/c1-4-10(11,12)9(2,3)7-15-6-8(13)5-14-15/h5-6H,4,7,13H2,1-3H3. The van der Waals surface area contributed by atoms with E-state index in [4.69, 9.17) is 5.73 Å². The van der Waals surface area contributed by atoms with Gasteiger partial charge in [0, 0.05) is 18.0 Å². The van der Waals surface area contributed by atoms with Crippen LogP contribution >= 0.6 is 0 Å². The lowest BCUT2D eigenvalue weighted by Crippen LogP contribution is -2.39. The summed E-state index contributed by atoms with van der Waals surface area (Å²) in [6.07, 6.45) is 2.85. The van der Waals surface area contributed by atoms with Crippen molar-refractivity contribution >= 4 is 5.69 Å². The molecule has 0 radical (unpaired) electrons. The Kier molecular flexibility index (Phi) is 3.02. The second kappa shape index (κ2) is 3.79. The van der Waals surface area contributed by atoms with Crippen LogP contribution in [-0.4, -0.2) is 15.7 Å². The number of rotatable bonds is 4. The van der Waals surface area contributed by atoms with Crippen molar-refractivity contribution in [1.82, 2.24) is 9.78 Å². The maximum Gasteiger partial charge on any atom is 0.254 e. The molecule has 0 saturated heterocycles. The predicted molar refractivity (Wildman–Crippen MR) is 55.7 cm³/mol. The molecule has 1 aromatic heterocycles. The van der Waals surface area contributed by atoms with Gasteiger partial charge in [-0.05, 0) is 0 Å². The minimum Gasteiger partial charge on any atom is -0.396 e. The Morgan fingerprint density at radius 3 is 2.47 bits per heavy atom. The number of alkyl halides is 2. The third kappa shape index (κ3) is 2.46. The van der Waals surface area contributed by atoms with Gasteiger partial charge in [0.1, 0.15) is 0 Å². The minimum atomic E-state index is -2.70. The zero-order valence-corrected chi connectivity index (χ0v) is 9.30. The summed E-state index contributed by atoms with van der Waals surface area (Å²) in [4.78, 5) is 0. The van der Waals surface area contributed by atoms with Crippen LogP contribution in [0.25, 0.3) is 0 Å². The van der Waals surface area contributed by atoms with E-state index in [1.165, 1.54) is 31.6 Å². The molecule has 0 fully saturated rings. The van der Waals surface area contributed by atoms with Crippen molar-refractivity contribution in [1.29, 1.82) is 0 Å². The number of aromatic nitrogens is 2. The summed E-state index contributed by atoms with van der Waals surface area (Å²) in [7, 11) is 0. The van der Waals surface area contributed by atoms with E-state index in [-0.39, 0.29) is 13.0 Å². The van der Waals surface area contributed by atoms with Crippen LogP contribution in [0.2, 0.25) is 0 Å². The first-order valence-electron chi connectivity index (χ1n) is 4.94. The first-order chi connectivity index (χ1) is 6.78. The van der Waals surface area contributed by atoms with Gasteiger partial charge in [-0.15, -0.1) is 0 Å². The number of halogens is 2. The smallest absolute Gasteiger partial charge is 0.254 e. The topological polar surface area (TPSA) is 43.8 Å². The SMILES string of the molecule is CCC(F)(F)C(C)(C)Cn1cc(N)cn1. The number of anilines is 1. The van der Waals surface area contributed by atoms with Gasteiger partial charge in [0.15, 0.2) is 0 Å². The second-order valence-corrected chi connectivity index (χ2v) is 4.41. The highest BCUT2D eigenvalue weighted by Gasteiger charge is 2.45. The zero-order valence-electron chi connectivity index (χ0n) is 9.30. The van der Waals surface area contributed by atoms with Gasteiger partial charge in [-0.3, -0.25) is 4.68 Å². The van der Waals surface area contributed by atoms with Gasteiger partial charge in [0.25, 0.3) is 5.92 Å². The lowest BCUT2D eigenvalue weighted by atomic mass is 9.84. The monoisotopic (exact) mass is 217 g/mol. The molecule has 0 amide bonds. The molecule has 86 valence electrons. The molecule has 0 aliphatic carbocycles. The summed E-state index contributed by atoms with van der Waals surface area (Å²) in [5.41, 5.74) is 4.83. The van der Waals surface area contributed by atoms with Gasteiger partial charge in [-0.1, -0.05) is 20.8 Å². The van der Waals surface area contributed by atoms with Gasteiger partial charge in [0.05, 0.1) is 18.4 Å². The van der Waals surface area contributed by atoms with Crippen LogP contribution in [0.5, 0.6) is 0 Å². The summed E-state index contributed by atoms with van der Waals surface area (Å²) in [6, 6.07) is 0. The Labute approximate surface area is 88.3 Å². The molecule has 15 heavy (non-hydrogen) atoms. The fourth-order valence-corrected chi connectivity index (χ4v) is 1.47. The van der Waals surface area contributed by atoms with Crippen LogP contribution in [0.15, 0.2) is 12.4 Å². The Morgan fingerprint density at radius 1 is 1.47 bits per heavy atom. The molecule has 2 N–H and O–H groups in total. The molecular formula is C10H17F2N3. The summed E-state index contributed by atoms with van der Waals surface area (Å²) in [5.74, 6) is -2.70. The molecule has 1 aromatic rings. The van der Waals surface area contributed by atoms with E-state index in [1.54, 1.807) is 6.20 Å². The predicted octanol–water partition coefficient (Wildman–Crippen LogP) is 2.54. The van der Waals surface area contributed by atoms with Crippen LogP contribution in [0.3, 0.4) is 0 Å². The molecule has 0 aromatic carbocycles. The molecular weight excluding hydrogens is 200 g/mol. The Bertz CT molecular complexity index is 331. The summed E-state index contributed by atoms with van der Waals surface area (Å²) in [6.45, 7) is 4.72. The van der Waals surface area contributed by atoms with Gasteiger partial charge in [0.2, 0.25) is 0 Å². The molecule has 0 spiro atoms. The largest absolute Gasteiger partial charge is 0.396 e. The summed E-state index contributed by atoms with van der Waals surface area (Å²) >= 11 is 0. The normalized spacial score (nSPS) is 13.1. The van der Waals surface area contributed by atoms with E-state index >= 15 is 0 Å². The average molecular weight is 217 g/mol. The van der Waals surface area contributed by atoms with Gasteiger partial charge in [-0.2, -0.15) is 5.10 Å². The first kappa shape index (κ1) is 11.9. The maximum absolute atomic E-state index is 13.6. The van der Waals surface area contributed by atoms with E-state index in [1.807, 2.05) is 0 Å². The molecule has 0 atom stereocenters. The van der Waals surface area contributed by atoms with Crippen LogP contribution < -0.4 is 5.73 Å². The summed E-state index contributed by atoms with van der Waals surface area (Å²) in [5, 5.41) is 3.91. The van der Waals surface area contributed by atoms with Crippen LogP contribution in [-0.2, 0) is 6.54 Å². The Hall–Kier alpha value is -1.13. The Morgan fingerprint density at radius 2 is 2.07 bits per heavy atom. The molecule has 0 saturated carbocycles. The quantitative estimate of drug-likeness (QED) is 0.842. The lowest BCUT2D eigenvalue weighted by molar-refractivity contribution is -0.116. The van der Waals surface area contributed by atoms with Gasteiger partial charge in [-0.25, -0.2) is 8.78 Å². The maximum atomic E-state index is 13.6. The molecule has 5 heteroatoms. The van der Waals surface area contributed by atoms with Crippen molar-refractivity contribution in [2.24, 2.45) is 5.41 Å². The minimum absolute atomic E-state index is 0.158. The fraction of sp³-hybridized carbons (Fsp3) is 0.700. The Balaban J connectivity index is 2.80. The molecule has 0 aliphatic heterocycles. The van der Waals surface area contributed by atoms with Crippen LogP contribution in [0.1, 0.15) is 27.2 Å². The molecule has 3 nitrogen and oxygen atoms in total. The van der Waals surface area contributed by atoms with Crippen molar-refractivity contribution in [3.8, 4) is 0 Å². The van der Waals surface area contributed by atoms with E-state index in [9.17, 15) is 8.78 Å². The van der Waals surface area contributed by atoms with Gasteiger partial charge < -0.3 is 5.73 Å². The molecule has 0 unspecified atom stereocenters. The molecule has 0 bridgehead atoms. The molecule has 1 heterocycles. The average Bonchev–Trinajstić information content (AvgIpc) is 2.50. The highest BCUT2D eigenvalue weighted by Crippen LogP contribution is 2.39. The zero-order chi connectivity index (χ0) is 11.7. The third-order valence-electron chi connectivity index (χ3n) is 2.64. The van der Waals surface area contributed by atoms with Crippen molar-refractivity contribution in [2.75, 3.05) is 5.73 Å². The van der Waals surface area contributed by atoms with E-state index in [0.717, 1.165) is 0 Å². The number of nitrogens with two attached hydrogens (primary N) is 1. The van der Waals surface area contributed by atoms with Crippen molar-refractivity contribution < 1.29 is 8.78 Å². The number of nitrogens with zero attached hydrogens (tertiary/aromatic N) is 2. The highest BCUT2D eigenvalue weighted by atomic mass is 19.3. The van der Waals surface area contributed by atoms with Gasteiger partial charge >= 0.3 is 0 Å². The van der Waals surface area contributed by atoms with Crippen LogP contribution in [0.4, 0.5) is 14.5 Å². The van der Waals surface area contributed by atoms with Crippen molar-refractivity contribution in [3.63, 3.8) is 0 Å². The van der Waals surface area contributed by atoms with E-state index in [0.29, 0.717) is 5.69 Å². The van der Waals surface area contributed by atoms with E-state index in [2.05, 4.69) is 5.10 Å². The van der Waals surface area contributed by atoms with Crippen molar-refractivity contribution in [3.05, 3.63) is 12.4 Å². The van der Waals surface area contributed by atoms with E-state index < -0.39 is 11.3 Å². The summed E-state index contributed by atoms with van der Waals surface area (Å²) < 4.78 is 28.6. The number of hydrogen-bond acceptors (Lipinski definition) is 2. The molecule has 0 aliphatic rings. The fourth-order valence-electron chi connectivity index (χ4n) is 1.47. The lowest BCUT2D eigenvalue weighted by Gasteiger charge is -2.33.